The summed E-state index contributed by atoms with van der Waals surface area (Å²) in [4.78, 5) is 4.46. The summed E-state index contributed by atoms with van der Waals surface area (Å²) in [6, 6.07) is 1.50. The number of alkyl halides is 3. The van der Waals surface area contributed by atoms with E-state index in [-0.39, 0.29) is 0 Å². The second kappa shape index (κ2) is 6.03. The van der Waals surface area contributed by atoms with Crippen LogP contribution in [0, 0.1) is 0 Å². The molecule has 0 saturated heterocycles. The van der Waals surface area contributed by atoms with Crippen molar-refractivity contribution < 1.29 is 13.2 Å². The van der Waals surface area contributed by atoms with E-state index in [9.17, 15) is 13.2 Å². The van der Waals surface area contributed by atoms with Crippen molar-refractivity contribution in [3.05, 3.63) is 35.0 Å². The van der Waals surface area contributed by atoms with E-state index in [0.29, 0.717) is 12.4 Å². The molecule has 0 bridgehead atoms. The molecule has 0 radical (unpaired) electrons. The van der Waals surface area contributed by atoms with E-state index >= 15 is 0 Å². The monoisotopic (exact) mass is 342 g/mol. The first-order chi connectivity index (χ1) is 10.9. The van der Waals surface area contributed by atoms with E-state index in [0.717, 1.165) is 20.9 Å². The molecule has 10 heteroatoms. The Balaban J connectivity index is 1.60. The van der Waals surface area contributed by atoms with Crippen molar-refractivity contribution in [3.8, 4) is 11.3 Å². The van der Waals surface area contributed by atoms with Crippen molar-refractivity contribution >= 4 is 17.2 Å². The highest BCUT2D eigenvalue weighted by Gasteiger charge is 2.28. The maximum absolute atomic E-state index is 12.3. The Morgan fingerprint density at radius 2 is 2.17 bits per heavy atom. The van der Waals surface area contributed by atoms with Crippen LogP contribution in [0.4, 0.5) is 19.0 Å². The lowest BCUT2D eigenvalue weighted by Crippen LogP contribution is -2.18. The highest BCUT2D eigenvalue weighted by Crippen LogP contribution is 2.22. The van der Waals surface area contributed by atoms with Gasteiger partial charge in [0.15, 0.2) is 0 Å². The van der Waals surface area contributed by atoms with Gasteiger partial charge in [-0.3, -0.25) is 9.36 Å². The molecule has 0 atom stereocenters. The number of aromatic nitrogens is 5. The number of hydrogen-bond donors (Lipinski definition) is 1. The average molecular weight is 342 g/mol. The predicted octanol–water partition coefficient (Wildman–Crippen LogP) is 2.91. The molecule has 122 valence electrons. The van der Waals surface area contributed by atoms with E-state index in [1.54, 1.807) is 10.9 Å². The van der Waals surface area contributed by atoms with Gasteiger partial charge in [0.25, 0.3) is 0 Å². The summed E-state index contributed by atoms with van der Waals surface area (Å²) in [6.45, 7) is -0.703. The lowest BCUT2D eigenvalue weighted by Gasteiger charge is -2.05. The molecule has 0 fully saturated rings. The van der Waals surface area contributed by atoms with Crippen molar-refractivity contribution in [2.45, 2.75) is 19.3 Å². The molecule has 0 aromatic carbocycles. The van der Waals surface area contributed by atoms with E-state index in [2.05, 4.69) is 20.5 Å². The van der Waals surface area contributed by atoms with E-state index < -0.39 is 12.7 Å². The van der Waals surface area contributed by atoms with Crippen LogP contribution >= 0.6 is 11.3 Å². The zero-order valence-corrected chi connectivity index (χ0v) is 12.9. The molecule has 0 amide bonds. The summed E-state index contributed by atoms with van der Waals surface area (Å²) < 4.78 is 39.4. The van der Waals surface area contributed by atoms with Gasteiger partial charge in [-0.25, -0.2) is 4.98 Å². The van der Waals surface area contributed by atoms with Gasteiger partial charge in [0.1, 0.15) is 17.4 Å². The minimum Gasteiger partial charge on any atom is -0.362 e. The van der Waals surface area contributed by atoms with Gasteiger partial charge in [-0.2, -0.15) is 23.4 Å². The van der Waals surface area contributed by atoms with Crippen LogP contribution in [-0.4, -0.2) is 30.7 Å². The third kappa shape index (κ3) is 4.09. The Morgan fingerprint density at radius 1 is 1.35 bits per heavy atom. The SMILES string of the molecule is Cn1cc(-c2csc(CNc3ccn(CC(F)(F)F)n3)n2)cn1. The van der Waals surface area contributed by atoms with Gasteiger partial charge in [0.05, 0.1) is 18.4 Å². The Hall–Kier alpha value is -2.36. The lowest BCUT2D eigenvalue weighted by atomic mass is 10.3. The van der Waals surface area contributed by atoms with Crippen LogP contribution < -0.4 is 5.32 Å². The summed E-state index contributed by atoms with van der Waals surface area (Å²) in [5, 5.41) is 13.6. The highest BCUT2D eigenvalue weighted by molar-refractivity contribution is 7.09. The van der Waals surface area contributed by atoms with Gasteiger partial charge >= 0.3 is 6.18 Å². The van der Waals surface area contributed by atoms with Crippen molar-refractivity contribution in [1.29, 1.82) is 0 Å². The second-order valence-electron chi connectivity index (χ2n) is 4.90. The molecule has 0 aliphatic carbocycles. The molecule has 3 aromatic rings. The molecule has 3 aromatic heterocycles. The van der Waals surface area contributed by atoms with Crippen molar-refractivity contribution in [2.75, 3.05) is 5.32 Å². The minimum absolute atomic E-state index is 0.382. The molecule has 3 heterocycles. The molecule has 3 rings (SSSR count). The minimum atomic E-state index is -4.28. The average Bonchev–Trinajstić information content (AvgIpc) is 3.15. The molecule has 23 heavy (non-hydrogen) atoms. The van der Waals surface area contributed by atoms with E-state index in [1.807, 2.05) is 18.6 Å². The number of nitrogens with zero attached hydrogens (tertiary/aromatic N) is 5. The number of anilines is 1. The normalized spacial score (nSPS) is 11.8. The molecule has 0 aliphatic rings. The quantitative estimate of drug-likeness (QED) is 0.774. The fourth-order valence-corrected chi connectivity index (χ4v) is 2.72. The van der Waals surface area contributed by atoms with Crippen LogP contribution in [0.1, 0.15) is 5.01 Å². The van der Waals surface area contributed by atoms with Crippen molar-refractivity contribution in [3.63, 3.8) is 0 Å². The van der Waals surface area contributed by atoms with Gasteiger partial charge in [-0.1, -0.05) is 0 Å². The molecule has 0 aliphatic heterocycles. The molecule has 0 spiro atoms. The van der Waals surface area contributed by atoms with Crippen LogP contribution in [0.2, 0.25) is 0 Å². The molecule has 6 nitrogen and oxygen atoms in total. The van der Waals surface area contributed by atoms with Gasteiger partial charge in [-0.15, -0.1) is 11.3 Å². The van der Waals surface area contributed by atoms with Crippen molar-refractivity contribution in [2.24, 2.45) is 7.05 Å². The standard InChI is InChI=1S/C13H13F3N6S/c1-21-6-9(4-18-21)10-7-23-12(19-10)5-17-11-2-3-22(20-11)8-13(14,15)16/h2-4,6-7H,5,8H2,1H3,(H,17,20). The molecular formula is C13H13F3N6S. The number of aryl methyl sites for hydroxylation is 1. The summed E-state index contributed by atoms with van der Waals surface area (Å²) in [5.74, 6) is 0.382. The zero-order chi connectivity index (χ0) is 16.4. The molecule has 0 saturated carbocycles. The summed E-state index contributed by atoms with van der Waals surface area (Å²) in [5.41, 5.74) is 1.74. The van der Waals surface area contributed by atoms with Crippen LogP contribution in [-0.2, 0) is 20.1 Å². The maximum Gasteiger partial charge on any atom is 0.408 e. The maximum atomic E-state index is 12.3. The Morgan fingerprint density at radius 3 is 2.87 bits per heavy atom. The molecule has 1 N–H and O–H groups in total. The van der Waals surface area contributed by atoms with E-state index in [4.69, 9.17) is 0 Å². The summed E-state index contributed by atoms with van der Waals surface area (Å²) in [7, 11) is 1.83. The van der Waals surface area contributed by atoms with Gasteiger partial charge < -0.3 is 5.32 Å². The van der Waals surface area contributed by atoms with Crippen LogP contribution in [0.15, 0.2) is 30.0 Å². The summed E-state index contributed by atoms with van der Waals surface area (Å²) >= 11 is 1.46. The third-order valence-electron chi connectivity index (χ3n) is 2.96. The summed E-state index contributed by atoms with van der Waals surface area (Å²) in [6.07, 6.45) is 0.603. The fourth-order valence-electron chi connectivity index (χ4n) is 1.97. The van der Waals surface area contributed by atoms with Crippen LogP contribution in [0.25, 0.3) is 11.3 Å². The Bertz CT molecular complexity index is 788. The first-order valence-electron chi connectivity index (χ1n) is 6.66. The first-order valence-corrected chi connectivity index (χ1v) is 7.54. The smallest absolute Gasteiger partial charge is 0.362 e. The van der Waals surface area contributed by atoms with Gasteiger partial charge in [0.2, 0.25) is 0 Å². The highest BCUT2D eigenvalue weighted by atomic mass is 32.1. The predicted molar refractivity (Wildman–Crippen MR) is 79.9 cm³/mol. The number of nitrogens with one attached hydrogen (secondary N) is 1. The molecular weight excluding hydrogens is 329 g/mol. The Kier molecular flexibility index (Phi) is 4.07. The van der Waals surface area contributed by atoms with Gasteiger partial charge in [-0.05, 0) is 0 Å². The third-order valence-corrected chi connectivity index (χ3v) is 3.80. The molecule has 0 unspecified atom stereocenters. The fraction of sp³-hybridized carbons (Fsp3) is 0.308. The number of rotatable bonds is 5. The van der Waals surface area contributed by atoms with Crippen molar-refractivity contribution in [1.82, 2.24) is 24.5 Å². The number of halogens is 3. The van der Waals surface area contributed by atoms with Gasteiger partial charge in [0, 0.05) is 36.5 Å². The zero-order valence-electron chi connectivity index (χ0n) is 12.1. The van der Waals surface area contributed by atoms with Crippen LogP contribution in [0.3, 0.4) is 0 Å². The second-order valence-corrected chi connectivity index (χ2v) is 5.84. The largest absolute Gasteiger partial charge is 0.408 e. The number of thiazole rings is 1. The van der Waals surface area contributed by atoms with Crippen LogP contribution in [0.5, 0.6) is 0 Å². The Labute approximate surface area is 133 Å². The number of hydrogen-bond acceptors (Lipinski definition) is 5. The lowest BCUT2D eigenvalue weighted by molar-refractivity contribution is -0.142. The first kappa shape index (κ1) is 15.5. The topological polar surface area (TPSA) is 60.6 Å². The van der Waals surface area contributed by atoms with E-state index in [1.165, 1.54) is 23.6 Å².